The molecule has 2 aliphatic heterocycles. The van der Waals surface area contributed by atoms with Crippen molar-refractivity contribution in [3.05, 3.63) is 35.7 Å². The van der Waals surface area contributed by atoms with Crippen LogP contribution in [0, 0.1) is 0 Å². The molecule has 2 fully saturated rings. The molecule has 3 aliphatic rings. The number of nitrogens with one attached hydrogen (secondary N) is 1. The van der Waals surface area contributed by atoms with Crippen molar-refractivity contribution in [2.45, 2.75) is 69.8 Å². The summed E-state index contributed by atoms with van der Waals surface area (Å²) >= 11 is 0. The Labute approximate surface area is 189 Å². The summed E-state index contributed by atoms with van der Waals surface area (Å²) in [6, 6.07) is 3.97. The molecule has 170 valence electrons. The summed E-state index contributed by atoms with van der Waals surface area (Å²) in [6.45, 7) is 5.74. The lowest BCUT2D eigenvalue weighted by atomic mass is 9.73. The Balaban J connectivity index is 1.37. The topological polar surface area (TPSA) is 76.6 Å². The summed E-state index contributed by atoms with van der Waals surface area (Å²) in [6.07, 6.45) is 10.0. The Bertz CT molecular complexity index is 991. The zero-order chi connectivity index (χ0) is 22.3. The van der Waals surface area contributed by atoms with E-state index in [-0.39, 0.29) is 12.0 Å². The maximum absolute atomic E-state index is 13.2. The maximum atomic E-state index is 13.2. The van der Waals surface area contributed by atoms with Crippen molar-refractivity contribution >= 4 is 17.5 Å². The highest BCUT2D eigenvalue weighted by Crippen LogP contribution is 2.49. The molecule has 1 N–H and O–H groups in total. The van der Waals surface area contributed by atoms with Gasteiger partial charge < -0.3 is 19.7 Å². The van der Waals surface area contributed by atoms with Gasteiger partial charge in [0.1, 0.15) is 0 Å². The molecule has 0 radical (unpaired) electrons. The van der Waals surface area contributed by atoms with Crippen molar-refractivity contribution in [1.82, 2.24) is 9.97 Å². The highest BCUT2D eigenvalue weighted by Gasteiger charge is 2.49. The van der Waals surface area contributed by atoms with Gasteiger partial charge in [0.2, 0.25) is 11.9 Å². The first-order valence-corrected chi connectivity index (χ1v) is 11.8. The molecule has 1 aromatic carbocycles. The SMILES string of the molecule is COc1cc2c(cc1OC1CCCC1)NC(=O)C21CCN(c2ncc(C(C)C)cn2)CC1. The Morgan fingerprint density at radius 3 is 2.41 bits per heavy atom. The highest BCUT2D eigenvalue weighted by atomic mass is 16.5. The minimum Gasteiger partial charge on any atom is -0.493 e. The first-order valence-electron chi connectivity index (χ1n) is 11.8. The van der Waals surface area contributed by atoms with E-state index in [2.05, 4.69) is 34.0 Å². The number of rotatable bonds is 5. The molecule has 0 atom stereocenters. The lowest BCUT2D eigenvalue weighted by Gasteiger charge is -2.38. The van der Waals surface area contributed by atoms with Crippen LogP contribution in [-0.4, -0.2) is 42.2 Å². The molecule has 1 aliphatic carbocycles. The number of carbonyl (C=O) groups is 1. The predicted octanol–water partition coefficient (Wildman–Crippen LogP) is 4.42. The Kier molecular flexibility index (Phi) is 5.43. The normalized spacial score (nSPS) is 20.0. The monoisotopic (exact) mass is 436 g/mol. The van der Waals surface area contributed by atoms with Crippen LogP contribution in [0.15, 0.2) is 24.5 Å². The van der Waals surface area contributed by atoms with E-state index in [0.29, 0.717) is 24.5 Å². The van der Waals surface area contributed by atoms with Gasteiger partial charge >= 0.3 is 0 Å². The van der Waals surface area contributed by atoms with Crippen molar-refractivity contribution in [2.75, 3.05) is 30.4 Å². The predicted molar refractivity (Wildman–Crippen MR) is 124 cm³/mol. The van der Waals surface area contributed by atoms with E-state index in [4.69, 9.17) is 9.47 Å². The van der Waals surface area contributed by atoms with Gasteiger partial charge in [-0.3, -0.25) is 4.79 Å². The number of anilines is 2. The molecular formula is C25H32N4O3. The largest absolute Gasteiger partial charge is 0.493 e. The average molecular weight is 437 g/mol. The van der Waals surface area contributed by atoms with Gasteiger partial charge in [-0.25, -0.2) is 9.97 Å². The second-order valence-electron chi connectivity index (χ2n) is 9.57. The smallest absolute Gasteiger partial charge is 0.235 e. The number of hydrogen-bond donors (Lipinski definition) is 1. The number of amides is 1. The minimum atomic E-state index is -0.539. The molecule has 7 heteroatoms. The molecule has 0 bridgehead atoms. The average Bonchev–Trinajstić information content (AvgIpc) is 3.40. The quantitative estimate of drug-likeness (QED) is 0.748. The number of nitrogens with zero attached hydrogens (tertiary/aromatic N) is 3. The highest BCUT2D eigenvalue weighted by molar-refractivity contribution is 6.07. The first-order chi connectivity index (χ1) is 15.5. The second-order valence-corrected chi connectivity index (χ2v) is 9.57. The number of benzene rings is 1. The molecule has 0 unspecified atom stereocenters. The summed E-state index contributed by atoms with van der Waals surface area (Å²) in [5, 5.41) is 3.12. The number of carbonyl (C=O) groups excluding carboxylic acids is 1. The van der Waals surface area contributed by atoms with Gasteiger partial charge in [0.05, 0.1) is 18.6 Å². The zero-order valence-corrected chi connectivity index (χ0v) is 19.2. The van der Waals surface area contributed by atoms with E-state index in [1.807, 2.05) is 24.5 Å². The molecule has 3 heterocycles. The van der Waals surface area contributed by atoms with Crippen LogP contribution in [0.2, 0.25) is 0 Å². The molecule has 2 aromatic rings. The number of fused-ring (bicyclic) bond motifs is 2. The summed E-state index contributed by atoms with van der Waals surface area (Å²) < 4.78 is 11.9. The first kappa shape index (κ1) is 21.0. The van der Waals surface area contributed by atoms with Gasteiger partial charge in [-0.2, -0.15) is 0 Å². The molecule has 5 rings (SSSR count). The summed E-state index contributed by atoms with van der Waals surface area (Å²) in [7, 11) is 1.67. The number of piperidine rings is 1. The Hall–Kier alpha value is -2.83. The fourth-order valence-corrected chi connectivity index (χ4v) is 5.24. The maximum Gasteiger partial charge on any atom is 0.235 e. The summed E-state index contributed by atoms with van der Waals surface area (Å²) in [5.74, 6) is 2.65. The zero-order valence-electron chi connectivity index (χ0n) is 19.2. The van der Waals surface area contributed by atoms with Crippen LogP contribution < -0.4 is 19.7 Å². The van der Waals surface area contributed by atoms with Gasteiger partial charge in [-0.15, -0.1) is 0 Å². The van der Waals surface area contributed by atoms with E-state index < -0.39 is 5.41 Å². The van der Waals surface area contributed by atoms with Crippen molar-refractivity contribution < 1.29 is 14.3 Å². The number of hydrogen-bond acceptors (Lipinski definition) is 6. The van der Waals surface area contributed by atoms with Crippen molar-refractivity contribution in [1.29, 1.82) is 0 Å². The molecule has 1 saturated heterocycles. The van der Waals surface area contributed by atoms with Crippen LogP contribution in [0.5, 0.6) is 11.5 Å². The van der Waals surface area contributed by atoms with E-state index >= 15 is 0 Å². The van der Waals surface area contributed by atoms with Crippen LogP contribution in [0.1, 0.15) is 69.4 Å². The van der Waals surface area contributed by atoms with Crippen molar-refractivity contribution in [3.8, 4) is 11.5 Å². The third kappa shape index (κ3) is 3.57. The molecule has 1 aromatic heterocycles. The van der Waals surface area contributed by atoms with Crippen LogP contribution in [-0.2, 0) is 10.2 Å². The van der Waals surface area contributed by atoms with E-state index in [1.54, 1.807) is 7.11 Å². The van der Waals surface area contributed by atoms with Crippen LogP contribution >= 0.6 is 0 Å². The van der Waals surface area contributed by atoms with E-state index in [1.165, 1.54) is 12.8 Å². The molecule has 1 amide bonds. The molecule has 1 spiro atoms. The summed E-state index contributed by atoms with van der Waals surface area (Å²) in [4.78, 5) is 24.5. The lowest BCUT2D eigenvalue weighted by Crippen LogP contribution is -2.47. The van der Waals surface area contributed by atoms with Crippen molar-refractivity contribution in [3.63, 3.8) is 0 Å². The molecule has 7 nitrogen and oxygen atoms in total. The van der Waals surface area contributed by atoms with Gasteiger partial charge in [-0.1, -0.05) is 13.8 Å². The Morgan fingerprint density at radius 2 is 1.78 bits per heavy atom. The van der Waals surface area contributed by atoms with E-state index in [0.717, 1.165) is 54.4 Å². The fourth-order valence-electron chi connectivity index (χ4n) is 5.24. The third-order valence-electron chi connectivity index (χ3n) is 7.32. The van der Waals surface area contributed by atoms with E-state index in [9.17, 15) is 4.79 Å². The van der Waals surface area contributed by atoms with Crippen LogP contribution in [0.25, 0.3) is 0 Å². The molecular weight excluding hydrogens is 404 g/mol. The van der Waals surface area contributed by atoms with Gasteiger partial charge in [0.15, 0.2) is 11.5 Å². The number of aromatic nitrogens is 2. The second kappa shape index (κ2) is 8.26. The van der Waals surface area contributed by atoms with Gasteiger partial charge in [0.25, 0.3) is 0 Å². The summed E-state index contributed by atoms with van der Waals surface area (Å²) in [5.41, 5.74) is 2.47. The van der Waals surface area contributed by atoms with Gasteiger partial charge in [-0.05, 0) is 61.6 Å². The third-order valence-corrected chi connectivity index (χ3v) is 7.32. The number of ether oxygens (including phenoxy) is 2. The van der Waals surface area contributed by atoms with Crippen LogP contribution in [0.3, 0.4) is 0 Å². The van der Waals surface area contributed by atoms with Gasteiger partial charge in [0, 0.05) is 37.2 Å². The standard InChI is InChI=1S/C25H32N4O3/c1-16(2)17-14-26-24(27-15-17)29-10-8-25(9-11-29)19-12-21(31-3)22(13-20(19)28-23(25)30)32-18-6-4-5-7-18/h12-16,18H,4-11H2,1-3H3,(H,28,30). The molecule has 32 heavy (non-hydrogen) atoms. The molecule has 1 saturated carbocycles. The van der Waals surface area contributed by atoms with Crippen LogP contribution in [0.4, 0.5) is 11.6 Å². The Morgan fingerprint density at radius 1 is 1.09 bits per heavy atom. The minimum absolute atomic E-state index is 0.0725. The van der Waals surface area contributed by atoms with Crippen molar-refractivity contribution in [2.24, 2.45) is 0 Å². The lowest BCUT2D eigenvalue weighted by molar-refractivity contribution is -0.121. The number of methoxy groups -OCH3 is 1. The fraction of sp³-hybridized carbons (Fsp3) is 0.560.